The van der Waals surface area contributed by atoms with Crippen molar-refractivity contribution in [3.63, 3.8) is 0 Å². The summed E-state index contributed by atoms with van der Waals surface area (Å²) in [4.78, 5) is 0. The highest BCUT2D eigenvalue weighted by atomic mass is 79.9. The molecule has 0 atom stereocenters. The molecule has 20 heavy (non-hydrogen) atoms. The third kappa shape index (κ3) is 2.77. The summed E-state index contributed by atoms with van der Waals surface area (Å²) in [6.45, 7) is 5.60. The molecule has 0 aliphatic carbocycles. The first-order valence-corrected chi connectivity index (χ1v) is 7.07. The second-order valence-corrected chi connectivity index (χ2v) is 5.71. The van der Waals surface area contributed by atoms with Crippen molar-refractivity contribution < 1.29 is 0 Å². The van der Waals surface area contributed by atoms with Crippen molar-refractivity contribution >= 4 is 39.0 Å². The zero-order valence-corrected chi connectivity index (χ0v) is 13.6. The van der Waals surface area contributed by atoms with Crippen LogP contribution in [0.1, 0.15) is 22.4 Å². The minimum absolute atomic E-state index is 0.427. The summed E-state index contributed by atoms with van der Waals surface area (Å²) in [5, 5.41) is 21.1. The fraction of sp³-hybridized carbons (Fsp3) is 0.214. The van der Waals surface area contributed by atoms with Gasteiger partial charge in [0, 0.05) is 9.50 Å². The highest BCUT2D eigenvalue weighted by Crippen LogP contribution is 2.32. The molecular formula is C14H12BrClN4. The number of nitriles is 1. The Labute approximate surface area is 130 Å². The van der Waals surface area contributed by atoms with E-state index in [1.807, 2.05) is 26.8 Å². The van der Waals surface area contributed by atoms with Crippen LogP contribution < -0.4 is 5.32 Å². The standard InChI is InChI=1S/C14H12BrClN4/c1-7-4-11(15)13(5-12(7)16)18-14-10(6-17)8(2)9(3)19-20-14/h4-5H,1-3H3,(H,18,20). The average molecular weight is 352 g/mol. The molecule has 1 aromatic heterocycles. The smallest absolute Gasteiger partial charge is 0.171 e. The third-order valence-electron chi connectivity index (χ3n) is 3.07. The molecule has 0 unspecified atom stereocenters. The first kappa shape index (κ1) is 14.8. The largest absolute Gasteiger partial charge is 0.337 e. The number of nitrogens with one attached hydrogen (secondary N) is 1. The summed E-state index contributed by atoms with van der Waals surface area (Å²) in [6.07, 6.45) is 0. The molecule has 2 rings (SSSR count). The van der Waals surface area contributed by atoms with Gasteiger partial charge >= 0.3 is 0 Å². The van der Waals surface area contributed by atoms with E-state index < -0.39 is 0 Å². The molecule has 6 heteroatoms. The summed E-state index contributed by atoms with van der Waals surface area (Å²) in [7, 11) is 0. The molecule has 0 amide bonds. The number of anilines is 2. The van der Waals surface area contributed by atoms with Gasteiger partial charge in [0.1, 0.15) is 11.6 Å². The van der Waals surface area contributed by atoms with Crippen molar-refractivity contribution in [3.05, 3.63) is 44.0 Å². The quantitative estimate of drug-likeness (QED) is 0.869. The van der Waals surface area contributed by atoms with Crippen molar-refractivity contribution in [1.29, 1.82) is 5.26 Å². The number of nitrogens with zero attached hydrogens (tertiary/aromatic N) is 3. The fourth-order valence-electron chi connectivity index (χ4n) is 1.70. The van der Waals surface area contributed by atoms with E-state index in [0.717, 1.165) is 27.0 Å². The van der Waals surface area contributed by atoms with Crippen LogP contribution in [0.5, 0.6) is 0 Å². The second kappa shape index (κ2) is 5.78. The van der Waals surface area contributed by atoms with Crippen LogP contribution >= 0.6 is 27.5 Å². The van der Waals surface area contributed by atoms with E-state index in [9.17, 15) is 5.26 Å². The number of halogens is 2. The summed E-state index contributed by atoms with van der Waals surface area (Å²) in [6, 6.07) is 5.86. The van der Waals surface area contributed by atoms with Crippen molar-refractivity contribution in [3.8, 4) is 6.07 Å². The van der Waals surface area contributed by atoms with Crippen LogP contribution in [0.25, 0.3) is 0 Å². The van der Waals surface area contributed by atoms with Gasteiger partial charge in [0.2, 0.25) is 0 Å². The molecule has 0 aliphatic rings. The van der Waals surface area contributed by atoms with Crippen molar-refractivity contribution in [2.75, 3.05) is 5.32 Å². The van der Waals surface area contributed by atoms with Gasteiger partial charge in [0.25, 0.3) is 0 Å². The average Bonchev–Trinajstić information content (AvgIpc) is 2.40. The highest BCUT2D eigenvalue weighted by molar-refractivity contribution is 9.10. The van der Waals surface area contributed by atoms with Crippen molar-refractivity contribution in [2.24, 2.45) is 0 Å². The Kier molecular flexibility index (Phi) is 4.26. The van der Waals surface area contributed by atoms with Gasteiger partial charge in [-0.25, -0.2) is 0 Å². The number of hydrogen-bond acceptors (Lipinski definition) is 4. The first-order valence-electron chi connectivity index (χ1n) is 5.90. The summed E-state index contributed by atoms with van der Waals surface area (Å²) in [5.74, 6) is 0.427. The van der Waals surface area contributed by atoms with Gasteiger partial charge in [0.15, 0.2) is 5.82 Å². The monoisotopic (exact) mass is 350 g/mol. The molecule has 0 saturated carbocycles. The Morgan fingerprint density at radius 1 is 1.25 bits per heavy atom. The summed E-state index contributed by atoms with van der Waals surface area (Å²) < 4.78 is 0.850. The molecule has 102 valence electrons. The zero-order chi connectivity index (χ0) is 14.9. The van der Waals surface area contributed by atoms with E-state index in [1.54, 1.807) is 6.07 Å². The van der Waals surface area contributed by atoms with Gasteiger partial charge in [-0.05, 0) is 60.0 Å². The predicted octanol–water partition coefficient (Wildman–Crippen LogP) is 4.43. The normalized spacial score (nSPS) is 10.2. The Morgan fingerprint density at radius 3 is 2.60 bits per heavy atom. The van der Waals surface area contributed by atoms with Gasteiger partial charge in [-0.2, -0.15) is 10.4 Å². The molecule has 0 radical (unpaired) electrons. The van der Waals surface area contributed by atoms with Crippen LogP contribution in [0, 0.1) is 32.1 Å². The molecule has 2 aromatic rings. The molecule has 0 fully saturated rings. The third-order valence-corrected chi connectivity index (χ3v) is 4.13. The van der Waals surface area contributed by atoms with E-state index in [0.29, 0.717) is 16.4 Å². The van der Waals surface area contributed by atoms with Gasteiger partial charge in [-0.15, -0.1) is 5.10 Å². The van der Waals surface area contributed by atoms with Crippen LogP contribution in [0.3, 0.4) is 0 Å². The SMILES string of the molecule is Cc1cc(Br)c(Nc2nnc(C)c(C)c2C#N)cc1Cl. The lowest BCUT2D eigenvalue weighted by atomic mass is 10.1. The van der Waals surface area contributed by atoms with Gasteiger partial charge in [-0.1, -0.05) is 11.6 Å². The Balaban J connectivity index is 2.49. The molecule has 0 saturated heterocycles. The lowest BCUT2D eigenvalue weighted by Crippen LogP contribution is -2.04. The molecular weight excluding hydrogens is 340 g/mol. The van der Waals surface area contributed by atoms with Crippen LogP contribution in [0.4, 0.5) is 11.5 Å². The van der Waals surface area contributed by atoms with E-state index >= 15 is 0 Å². The van der Waals surface area contributed by atoms with Crippen LogP contribution in [0.2, 0.25) is 5.02 Å². The molecule has 0 spiro atoms. The number of benzene rings is 1. The number of aromatic nitrogens is 2. The summed E-state index contributed by atoms with van der Waals surface area (Å²) in [5.41, 5.74) is 3.76. The van der Waals surface area contributed by atoms with Gasteiger partial charge in [-0.3, -0.25) is 0 Å². The summed E-state index contributed by atoms with van der Waals surface area (Å²) >= 11 is 9.59. The number of hydrogen-bond donors (Lipinski definition) is 1. The second-order valence-electron chi connectivity index (χ2n) is 4.45. The maximum absolute atomic E-state index is 9.27. The number of aryl methyl sites for hydroxylation is 2. The first-order chi connectivity index (χ1) is 9.43. The van der Waals surface area contributed by atoms with Crippen LogP contribution in [-0.2, 0) is 0 Å². The van der Waals surface area contributed by atoms with Crippen molar-refractivity contribution in [2.45, 2.75) is 20.8 Å². The fourth-order valence-corrected chi connectivity index (χ4v) is 2.42. The molecule has 1 heterocycles. The lowest BCUT2D eigenvalue weighted by molar-refractivity contribution is 0.960. The highest BCUT2D eigenvalue weighted by Gasteiger charge is 2.13. The van der Waals surface area contributed by atoms with Crippen LogP contribution in [0.15, 0.2) is 16.6 Å². The van der Waals surface area contributed by atoms with E-state index in [2.05, 4.69) is 37.5 Å². The van der Waals surface area contributed by atoms with Crippen LogP contribution in [-0.4, -0.2) is 10.2 Å². The molecule has 1 N–H and O–H groups in total. The minimum Gasteiger partial charge on any atom is -0.337 e. The van der Waals surface area contributed by atoms with Gasteiger partial charge < -0.3 is 5.32 Å². The Bertz CT molecular complexity index is 722. The molecule has 4 nitrogen and oxygen atoms in total. The molecule has 1 aromatic carbocycles. The Hall–Kier alpha value is -1.64. The number of rotatable bonds is 2. The predicted molar refractivity (Wildman–Crippen MR) is 83.4 cm³/mol. The maximum atomic E-state index is 9.27. The maximum Gasteiger partial charge on any atom is 0.171 e. The van der Waals surface area contributed by atoms with E-state index in [4.69, 9.17) is 11.6 Å². The van der Waals surface area contributed by atoms with E-state index in [-0.39, 0.29) is 0 Å². The Morgan fingerprint density at radius 2 is 1.95 bits per heavy atom. The van der Waals surface area contributed by atoms with E-state index in [1.165, 1.54) is 0 Å². The topological polar surface area (TPSA) is 61.6 Å². The minimum atomic E-state index is 0.427. The zero-order valence-electron chi connectivity index (χ0n) is 11.3. The van der Waals surface area contributed by atoms with Crippen molar-refractivity contribution in [1.82, 2.24) is 10.2 Å². The lowest BCUT2D eigenvalue weighted by Gasteiger charge is -2.12. The molecule has 0 aliphatic heterocycles. The molecule has 0 bridgehead atoms. The van der Waals surface area contributed by atoms with Gasteiger partial charge in [0.05, 0.1) is 11.4 Å².